The molecular formula is C16H2F30. The maximum Gasteiger partial charge on any atom is 0.460 e. The summed E-state index contributed by atoms with van der Waals surface area (Å²) >= 11 is 0. The first-order valence-electron chi connectivity index (χ1n) is 9.58. The molecular weight excluding hydrogens is 762 g/mol. The normalized spacial score (nSPS) is 17.3. The van der Waals surface area contributed by atoms with E-state index in [-0.39, 0.29) is 0 Å². The number of halogens is 30. The second-order valence-electron chi connectivity index (χ2n) is 8.32. The van der Waals surface area contributed by atoms with Crippen LogP contribution in [-0.2, 0) is 0 Å². The van der Waals surface area contributed by atoms with Crippen molar-refractivity contribution in [1.82, 2.24) is 0 Å². The molecule has 0 aromatic carbocycles. The van der Waals surface area contributed by atoms with E-state index in [0.717, 1.165) is 0 Å². The molecule has 0 aliphatic rings. The predicted molar refractivity (Wildman–Crippen MR) is 80.6 cm³/mol. The molecule has 0 saturated carbocycles. The molecule has 0 amide bonds. The van der Waals surface area contributed by atoms with Gasteiger partial charge in [-0.15, -0.1) is 0 Å². The van der Waals surface area contributed by atoms with Crippen molar-refractivity contribution in [1.29, 1.82) is 0 Å². The second-order valence-corrected chi connectivity index (χ2v) is 8.32. The van der Waals surface area contributed by atoms with Gasteiger partial charge < -0.3 is 0 Å². The summed E-state index contributed by atoms with van der Waals surface area (Å²) in [7, 11) is 0. The summed E-state index contributed by atoms with van der Waals surface area (Å²) in [5.74, 6) is -105. The molecule has 0 aromatic heterocycles. The van der Waals surface area contributed by atoms with Gasteiger partial charge in [0.1, 0.15) is 0 Å². The average Bonchev–Trinajstić information content (AvgIpc) is 2.80. The molecule has 30 heteroatoms. The van der Waals surface area contributed by atoms with Gasteiger partial charge in [0.25, 0.3) is 0 Å². The molecule has 0 unspecified atom stereocenters. The summed E-state index contributed by atoms with van der Waals surface area (Å²) in [5.41, 5.74) is 0. The van der Waals surface area contributed by atoms with E-state index in [1.807, 2.05) is 0 Å². The molecule has 0 fully saturated rings. The van der Waals surface area contributed by atoms with Gasteiger partial charge >= 0.3 is 83.4 Å². The molecule has 0 spiro atoms. The largest absolute Gasteiger partial charge is 0.460 e. The Morgan fingerprint density at radius 2 is 0.304 bits per heavy atom. The van der Waals surface area contributed by atoms with Crippen LogP contribution in [0.15, 0.2) is 12.2 Å². The Labute approximate surface area is 228 Å². The molecule has 0 heterocycles. The minimum absolute atomic E-state index is 3.26. The molecule has 0 N–H and O–H groups in total. The van der Waals surface area contributed by atoms with Crippen LogP contribution in [0, 0.1) is 0 Å². The number of hydrogen-bond donors (Lipinski definition) is 0. The van der Waals surface area contributed by atoms with Crippen LogP contribution in [0.1, 0.15) is 0 Å². The van der Waals surface area contributed by atoms with E-state index in [1.165, 1.54) is 0 Å². The Morgan fingerprint density at radius 1 is 0.174 bits per heavy atom. The lowest BCUT2D eigenvalue weighted by atomic mass is 9.89. The Morgan fingerprint density at radius 3 is 0.457 bits per heavy atom. The second kappa shape index (κ2) is 10.6. The van der Waals surface area contributed by atoms with Crippen LogP contribution in [0.2, 0.25) is 0 Å². The maximum atomic E-state index is 13.5. The lowest BCUT2D eigenvalue weighted by Crippen LogP contribution is -2.72. The summed E-state index contributed by atoms with van der Waals surface area (Å²) in [6.07, 6.45) is -22.8. The summed E-state index contributed by atoms with van der Waals surface area (Å²) in [6, 6.07) is 0. The molecule has 0 bridgehead atoms. The molecule has 0 aromatic rings. The van der Waals surface area contributed by atoms with Crippen LogP contribution >= 0.6 is 0 Å². The monoisotopic (exact) mass is 764 g/mol. The van der Waals surface area contributed by atoms with Crippen LogP contribution in [0.4, 0.5) is 132 Å². The van der Waals surface area contributed by atoms with Gasteiger partial charge in [0.15, 0.2) is 0 Å². The molecule has 0 rings (SSSR count). The number of rotatable bonds is 12. The van der Waals surface area contributed by atoms with Gasteiger partial charge in [-0.3, -0.25) is 0 Å². The van der Waals surface area contributed by atoms with Crippen molar-refractivity contribution in [3.63, 3.8) is 0 Å². The van der Waals surface area contributed by atoms with E-state index >= 15 is 0 Å². The highest BCUT2D eigenvalue weighted by Gasteiger charge is 2.95. The van der Waals surface area contributed by atoms with Gasteiger partial charge in [0, 0.05) is 0 Å². The van der Waals surface area contributed by atoms with Crippen LogP contribution in [-0.4, -0.2) is 83.4 Å². The Bertz CT molecular complexity index is 1040. The SMILES string of the molecule is FC(F)(F)C(F)(F)C(F)(F)C(F)(F)C(F)(F)C(F)(F)C(F)(F)C=CC(F)(F)C(F)(F)C(F)(F)C(F)(F)C(F)(F)C(F)(F)C(F)(F)F. The molecule has 0 aliphatic carbocycles. The molecule has 0 nitrogen and oxygen atoms in total. The molecule has 46 heavy (non-hydrogen) atoms. The van der Waals surface area contributed by atoms with E-state index < -0.39 is 95.6 Å². The van der Waals surface area contributed by atoms with Gasteiger partial charge in [-0.05, 0) is 12.2 Å². The fourth-order valence-electron chi connectivity index (χ4n) is 2.38. The first kappa shape index (κ1) is 43.6. The molecule has 0 atom stereocenters. The van der Waals surface area contributed by atoms with Crippen LogP contribution in [0.25, 0.3) is 0 Å². The third-order valence-electron chi connectivity index (χ3n) is 5.21. The van der Waals surface area contributed by atoms with E-state index in [4.69, 9.17) is 0 Å². The molecule has 0 aliphatic heterocycles. The summed E-state index contributed by atoms with van der Waals surface area (Å²) in [4.78, 5) is 0. The summed E-state index contributed by atoms with van der Waals surface area (Å²) in [6.45, 7) is 0. The Kier molecular flexibility index (Phi) is 10.0. The first-order chi connectivity index (χ1) is 19.2. The fraction of sp³-hybridized carbons (Fsp3) is 0.875. The topological polar surface area (TPSA) is 0 Å². The zero-order valence-electron chi connectivity index (χ0n) is 19.5. The lowest BCUT2D eigenvalue weighted by molar-refractivity contribution is -0.450. The highest BCUT2D eigenvalue weighted by atomic mass is 19.4. The van der Waals surface area contributed by atoms with Crippen molar-refractivity contribution in [2.45, 2.75) is 83.4 Å². The van der Waals surface area contributed by atoms with Crippen molar-refractivity contribution >= 4 is 0 Å². The molecule has 276 valence electrons. The summed E-state index contributed by atoms with van der Waals surface area (Å²) < 4.78 is 390. The van der Waals surface area contributed by atoms with Crippen LogP contribution in [0.3, 0.4) is 0 Å². The number of allylic oxidation sites excluding steroid dienone is 2. The zero-order chi connectivity index (χ0) is 38.4. The fourth-order valence-corrected chi connectivity index (χ4v) is 2.38. The Hall–Kier alpha value is -2.36. The number of alkyl halides is 30. The van der Waals surface area contributed by atoms with Crippen molar-refractivity contribution < 1.29 is 132 Å². The Balaban J connectivity index is 7.12. The average molecular weight is 764 g/mol. The molecule has 0 saturated heterocycles. The van der Waals surface area contributed by atoms with Crippen molar-refractivity contribution in [2.24, 2.45) is 0 Å². The maximum absolute atomic E-state index is 13.5. The van der Waals surface area contributed by atoms with Crippen LogP contribution in [0.5, 0.6) is 0 Å². The van der Waals surface area contributed by atoms with Gasteiger partial charge in [-0.2, -0.15) is 132 Å². The first-order valence-corrected chi connectivity index (χ1v) is 9.58. The van der Waals surface area contributed by atoms with E-state index in [1.54, 1.807) is 0 Å². The van der Waals surface area contributed by atoms with E-state index in [0.29, 0.717) is 0 Å². The minimum Gasteiger partial charge on any atom is -0.195 e. The van der Waals surface area contributed by atoms with Crippen molar-refractivity contribution in [2.75, 3.05) is 0 Å². The third kappa shape index (κ3) is 5.42. The van der Waals surface area contributed by atoms with Gasteiger partial charge in [0.2, 0.25) is 0 Å². The van der Waals surface area contributed by atoms with E-state index in [2.05, 4.69) is 0 Å². The van der Waals surface area contributed by atoms with Gasteiger partial charge in [-0.1, -0.05) is 0 Å². The smallest absolute Gasteiger partial charge is 0.195 e. The van der Waals surface area contributed by atoms with Crippen molar-refractivity contribution in [3.8, 4) is 0 Å². The highest BCUT2D eigenvalue weighted by Crippen LogP contribution is 2.64. The highest BCUT2D eigenvalue weighted by molar-refractivity contribution is 5.21. The van der Waals surface area contributed by atoms with E-state index in [9.17, 15) is 132 Å². The lowest BCUT2D eigenvalue weighted by Gasteiger charge is -2.41. The molecule has 0 radical (unpaired) electrons. The van der Waals surface area contributed by atoms with Crippen molar-refractivity contribution in [3.05, 3.63) is 12.2 Å². The van der Waals surface area contributed by atoms with Crippen LogP contribution < -0.4 is 0 Å². The number of hydrogen-bond acceptors (Lipinski definition) is 0. The van der Waals surface area contributed by atoms with Gasteiger partial charge in [-0.25, -0.2) is 0 Å². The zero-order valence-corrected chi connectivity index (χ0v) is 19.5. The van der Waals surface area contributed by atoms with Gasteiger partial charge in [0.05, 0.1) is 0 Å². The summed E-state index contributed by atoms with van der Waals surface area (Å²) in [5, 5.41) is 0. The third-order valence-corrected chi connectivity index (χ3v) is 5.21. The minimum atomic E-state index is -9.11. The quantitative estimate of drug-likeness (QED) is 0.137. The standard InChI is InChI=1S/C16H2F30/c17-3(18,5(21,22)7(25,26)9(29,30)11(33,34)13(37,38)15(41,42)43)1-2-4(19,20)6(23,24)8(27,28)10(31,32)12(35,36)14(39,40)16(44,45)46/h1-2H. The predicted octanol–water partition coefficient (Wildman–Crippen LogP) is 10.3.